The molecule has 0 radical (unpaired) electrons. The van der Waals surface area contributed by atoms with Gasteiger partial charge in [-0.2, -0.15) is 5.10 Å². The summed E-state index contributed by atoms with van der Waals surface area (Å²) in [7, 11) is 0. The quantitative estimate of drug-likeness (QED) is 0.775. The van der Waals surface area contributed by atoms with E-state index in [0.29, 0.717) is 11.4 Å². The Hall–Kier alpha value is -2.28. The molecule has 106 valence electrons. The molecule has 21 heavy (non-hydrogen) atoms. The molecule has 0 aliphatic rings. The second kappa shape index (κ2) is 5.25. The fourth-order valence-corrected chi connectivity index (χ4v) is 2.37. The first kappa shape index (κ1) is 13.7. The number of fused-ring (bicyclic) bond motifs is 1. The van der Waals surface area contributed by atoms with Crippen molar-refractivity contribution >= 4 is 33.2 Å². The third kappa shape index (κ3) is 2.64. The molecular formula is C14H12BrN5O. The lowest BCUT2D eigenvalue weighted by Gasteiger charge is -2.07. The standard InChI is InChI=1S/C14H12BrN5O/c1-8-5-12(19-20-7-9(2)17-13(8)20)14(21)18-11-3-4-16-6-10(11)15/h3-7H,1-2H3,(H,16,18,21). The van der Waals surface area contributed by atoms with Gasteiger partial charge in [-0.15, -0.1) is 0 Å². The number of carbonyl (C=O) groups is 1. The number of pyridine rings is 1. The van der Waals surface area contributed by atoms with Gasteiger partial charge in [0.25, 0.3) is 5.91 Å². The van der Waals surface area contributed by atoms with Gasteiger partial charge in [-0.3, -0.25) is 9.78 Å². The highest BCUT2D eigenvalue weighted by atomic mass is 79.9. The molecule has 1 N–H and O–H groups in total. The number of anilines is 1. The van der Waals surface area contributed by atoms with Crippen molar-refractivity contribution in [3.63, 3.8) is 0 Å². The van der Waals surface area contributed by atoms with Gasteiger partial charge in [0, 0.05) is 12.4 Å². The molecule has 0 fully saturated rings. The average molecular weight is 346 g/mol. The highest BCUT2D eigenvalue weighted by Gasteiger charge is 2.13. The number of aryl methyl sites for hydroxylation is 2. The number of hydrogen-bond donors (Lipinski definition) is 1. The Kier molecular flexibility index (Phi) is 3.42. The number of imidazole rings is 1. The molecule has 0 bridgehead atoms. The van der Waals surface area contributed by atoms with Crippen LogP contribution in [-0.4, -0.2) is 25.5 Å². The largest absolute Gasteiger partial charge is 0.319 e. The minimum Gasteiger partial charge on any atom is -0.319 e. The van der Waals surface area contributed by atoms with Crippen molar-refractivity contribution in [3.05, 3.63) is 52.1 Å². The van der Waals surface area contributed by atoms with Crippen molar-refractivity contribution in [1.82, 2.24) is 19.6 Å². The van der Waals surface area contributed by atoms with Crippen LogP contribution in [0, 0.1) is 13.8 Å². The number of hydrogen-bond acceptors (Lipinski definition) is 4. The Labute approximate surface area is 129 Å². The Morgan fingerprint density at radius 3 is 2.95 bits per heavy atom. The SMILES string of the molecule is Cc1cn2nc(C(=O)Nc3ccncc3Br)cc(C)c2n1. The van der Waals surface area contributed by atoms with E-state index in [2.05, 4.69) is 36.3 Å². The second-order valence-electron chi connectivity index (χ2n) is 4.67. The molecule has 3 rings (SSSR count). The molecule has 0 spiro atoms. The third-order valence-corrected chi connectivity index (χ3v) is 3.61. The van der Waals surface area contributed by atoms with Crippen molar-refractivity contribution in [2.75, 3.05) is 5.32 Å². The second-order valence-corrected chi connectivity index (χ2v) is 5.53. The van der Waals surface area contributed by atoms with Gasteiger partial charge in [0.1, 0.15) is 5.69 Å². The van der Waals surface area contributed by atoms with Crippen LogP contribution in [0.25, 0.3) is 5.65 Å². The first-order chi connectivity index (χ1) is 10.0. The van der Waals surface area contributed by atoms with E-state index >= 15 is 0 Å². The van der Waals surface area contributed by atoms with E-state index in [4.69, 9.17) is 0 Å². The summed E-state index contributed by atoms with van der Waals surface area (Å²) in [6.07, 6.45) is 5.03. The van der Waals surface area contributed by atoms with Crippen LogP contribution in [0.1, 0.15) is 21.7 Å². The van der Waals surface area contributed by atoms with Crippen molar-refractivity contribution in [3.8, 4) is 0 Å². The number of carbonyl (C=O) groups excluding carboxylic acids is 1. The summed E-state index contributed by atoms with van der Waals surface area (Å²) in [5, 5.41) is 7.10. The van der Waals surface area contributed by atoms with Gasteiger partial charge in [-0.25, -0.2) is 9.50 Å². The fraction of sp³-hybridized carbons (Fsp3) is 0.143. The maximum Gasteiger partial charge on any atom is 0.276 e. The summed E-state index contributed by atoms with van der Waals surface area (Å²) < 4.78 is 2.34. The topological polar surface area (TPSA) is 72.2 Å². The van der Waals surface area contributed by atoms with E-state index in [0.717, 1.165) is 21.4 Å². The zero-order valence-corrected chi connectivity index (χ0v) is 13.0. The van der Waals surface area contributed by atoms with Gasteiger partial charge in [-0.05, 0) is 47.5 Å². The van der Waals surface area contributed by atoms with Crippen LogP contribution in [0.15, 0.2) is 35.2 Å². The van der Waals surface area contributed by atoms with Crippen LogP contribution < -0.4 is 5.32 Å². The molecule has 7 heteroatoms. The van der Waals surface area contributed by atoms with Crippen LogP contribution >= 0.6 is 15.9 Å². The van der Waals surface area contributed by atoms with Crippen LogP contribution in [0.2, 0.25) is 0 Å². The predicted molar refractivity (Wildman–Crippen MR) is 82.4 cm³/mol. The van der Waals surface area contributed by atoms with Crippen molar-refractivity contribution < 1.29 is 4.79 Å². The number of halogens is 1. The highest BCUT2D eigenvalue weighted by Crippen LogP contribution is 2.20. The molecule has 6 nitrogen and oxygen atoms in total. The summed E-state index contributed by atoms with van der Waals surface area (Å²) >= 11 is 3.34. The molecule has 0 aromatic carbocycles. The normalized spacial score (nSPS) is 10.8. The number of nitrogens with one attached hydrogen (secondary N) is 1. The van der Waals surface area contributed by atoms with Gasteiger partial charge in [0.15, 0.2) is 5.65 Å². The van der Waals surface area contributed by atoms with E-state index in [9.17, 15) is 4.79 Å². The lowest BCUT2D eigenvalue weighted by molar-refractivity contribution is 0.102. The van der Waals surface area contributed by atoms with Crippen molar-refractivity contribution in [1.29, 1.82) is 0 Å². The fourth-order valence-electron chi connectivity index (χ4n) is 2.02. The van der Waals surface area contributed by atoms with Crippen LogP contribution in [-0.2, 0) is 0 Å². The van der Waals surface area contributed by atoms with E-state index in [1.807, 2.05) is 13.8 Å². The maximum absolute atomic E-state index is 12.3. The first-order valence-electron chi connectivity index (χ1n) is 6.29. The summed E-state index contributed by atoms with van der Waals surface area (Å²) in [5.74, 6) is -0.279. The molecule has 0 atom stereocenters. The third-order valence-electron chi connectivity index (χ3n) is 2.98. The van der Waals surface area contributed by atoms with Gasteiger partial charge < -0.3 is 5.32 Å². The monoisotopic (exact) mass is 345 g/mol. The van der Waals surface area contributed by atoms with E-state index < -0.39 is 0 Å². The Morgan fingerprint density at radius 1 is 1.38 bits per heavy atom. The molecule has 0 aliphatic carbocycles. The summed E-state index contributed by atoms with van der Waals surface area (Å²) in [5.41, 5.74) is 3.50. The summed E-state index contributed by atoms with van der Waals surface area (Å²) in [4.78, 5) is 20.6. The minimum absolute atomic E-state index is 0.279. The highest BCUT2D eigenvalue weighted by molar-refractivity contribution is 9.10. The van der Waals surface area contributed by atoms with E-state index in [-0.39, 0.29) is 5.91 Å². The van der Waals surface area contributed by atoms with Crippen LogP contribution in [0.3, 0.4) is 0 Å². The van der Waals surface area contributed by atoms with Crippen LogP contribution in [0.5, 0.6) is 0 Å². The smallest absolute Gasteiger partial charge is 0.276 e. The zero-order valence-electron chi connectivity index (χ0n) is 11.5. The molecule has 1 amide bonds. The molecule has 3 heterocycles. The predicted octanol–water partition coefficient (Wildman–Crippen LogP) is 2.76. The van der Waals surface area contributed by atoms with Crippen molar-refractivity contribution in [2.45, 2.75) is 13.8 Å². The molecule has 0 aliphatic heterocycles. The average Bonchev–Trinajstić information content (AvgIpc) is 2.82. The lowest BCUT2D eigenvalue weighted by Crippen LogP contribution is -2.16. The van der Waals surface area contributed by atoms with E-state index in [1.165, 1.54) is 0 Å². The van der Waals surface area contributed by atoms with Gasteiger partial charge in [0.2, 0.25) is 0 Å². The number of aromatic nitrogens is 4. The number of amides is 1. The summed E-state index contributed by atoms with van der Waals surface area (Å²) in [6.45, 7) is 3.80. The molecule has 3 aromatic heterocycles. The molecule has 0 unspecified atom stereocenters. The lowest BCUT2D eigenvalue weighted by atomic mass is 10.2. The summed E-state index contributed by atoms with van der Waals surface area (Å²) in [6, 6.07) is 3.45. The number of rotatable bonds is 2. The van der Waals surface area contributed by atoms with Gasteiger partial charge >= 0.3 is 0 Å². The minimum atomic E-state index is -0.279. The van der Waals surface area contributed by atoms with E-state index in [1.54, 1.807) is 35.2 Å². The Balaban J connectivity index is 1.96. The molecule has 0 saturated carbocycles. The Morgan fingerprint density at radius 2 is 2.19 bits per heavy atom. The first-order valence-corrected chi connectivity index (χ1v) is 7.08. The molecule has 3 aromatic rings. The zero-order chi connectivity index (χ0) is 15.0. The van der Waals surface area contributed by atoms with Gasteiger partial charge in [-0.1, -0.05) is 0 Å². The molecular weight excluding hydrogens is 334 g/mol. The van der Waals surface area contributed by atoms with Gasteiger partial charge in [0.05, 0.1) is 22.1 Å². The maximum atomic E-state index is 12.3. The van der Waals surface area contributed by atoms with Crippen LogP contribution in [0.4, 0.5) is 5.69 Å². The number of nitrogens with zero attached hydrogens (tertiary/aromatic N) is 4. The Bertz CT molecular complexity index is 842. The molecule has 0 saturated heterocycles. The van der Waals surface area contributed by atoms with Crippen molar-refractivity contribution in [2.24, 2.45) is 0 Å².